The van der Waals surface area contributed by atoms with Crippen LogP contribution in [0.3, 0.4) is 0 Å². The molecule has 3 heterocycles. The summed E-state index contributed by atoms with van der Waals surface area (Å²) in [5.74, 6) is 0.684. The van der Waals surface area contributed by atoms with Crippen molar-refractivity contribution in [2.45, 2.75) is 39.8 Å². The van der Waals surface area contributed by atoms with Crippen LogP contribution in [0.2, 0.25) is 0 Å². The molecule has 3 atom stereocenters. The van der Waals surface area contributed by atoms with E-state index < -0.39 is 0 Å². The van der Waals surface area contributed by atoms with E-state index >= 15 is 0 Å². The summed E-state index contributed by atoms with van der Waals surface area (Å²) >= 11 is 0. The van der Waals surface area contributed by atoms with E-state index in [2.05, 4.69) is 16.9 Å². The highest BCUT2D eigenvalue weighted by Gasteiger charge is 2.38. The summed E-state index contributed by atoms with van der Waals surface area (Å²) in [6.45, 7) is 13.4. The molecule has 128 valence electrons. The molecule has 1 aromatic heterocycles. The molecular weight excluding hydrogens is 292 g/mol. The molecule has 23 heavy (non-hydrogen) atoms. The summed E-state index contributed by atoms with van der Waals surface area (Å²) in [6, 6.07) is 2.24. The molecule has 0 radical (unpaired) electrons. The van der Waals surface area contributed by atoms with E-state index in [0.717, 1.165) is 50.8 Å². The van der Waals surface area contributed by atoms with Crippen molar-refractivity contribution in [1.82, 2.24) is 19.6 Å². The third-order valence-electron chi connectivity index (χ3n) is 5.17. The lowest BCUT2D eigenvalue weighted by atomic mass is 10.0. The van der Waals surface area contributed by atoms with Gasteiger partial charge in [-0.3, -0.25) is 14.4 Å². The molecule has 2 aliphatic rings. The molecule has 3 rings (SSSR count). The lowest BCUT2D eigenvalue weighted by Gasteiger charge is -2.34. The van der Waals surface area contributed by atoms with Gasteiger partial charge in [0.15, 0.2) is 0 Å². The number of likely N-dealkylation sites (tertiary alicyclic amines) is 1. The van der Waals surface area contributed by atoms with E-state index in [1.54, 1.807) is 0 Å². The number of aromatic nitrogens is 2. The van der Waals surface area contributed by atoms with Crippen molar-refractivity contribution in [3.05, 3.63) is 17.5 Å². The molecule has 6 heteroatoms. The fourth-order valence-corrected chi connectivity index (χ4v) is 3.92. The number of hydrogen-bond acceptors (Lipinski definition) is 4. The van der Waals surface area contributed by atoms with Crippen LogP contribution in [0.4, 0.5) is 0 Å². The zero-order valence-corrected chi connectivity index (χ0v) is 14.7. The topological polar surface area (TPSA) is 50.6 Å². The molecule has 0 aliphatic carbocycles. The van der Waals surface area contributed by atoms with Gasteiger partial charge in [0, 0.05) is 37.9 Å². The zero-order valence-electron chi connectivity index (χ0n) is 14.7. The first-order valence-electron chi connectivity index (χ1n) is 8.60. The third-order valence-corrected chi connectivity index (χ3v) is 5.17. The molecule has 0 saturated carbocycles. The quantitative estimate of drug-likeness (QED) is 0.841. The molecule has 2 aliphatic heterocycles. The van der Waals surface area contributed by atoms with E-state index in [0.29, 0.717) is 12.0 Å². The second-order valence-electron chi connectivity index (χ2n) is 6.98. The Labute approximate surface area is 138 Å². The summed E-state index contributed by atoms with van der Waals surface area (Å²) in [5, 5.41) is 4.47. The van der Waals surface area contributed by atoms with E-state index in [1.807, 2.05) is 36.4 Å². The average Bonchev–Trinajstić information content (AvgIpc) is 3.09. The second-order valence-corrected chi connectivity index (χ2v) is 6.98. The van der Waals surface area contributed by atoms with Crippen LogP contribution in [-0.4, -0.2) is 70.9 Å². The Bertz CT molecular complexity index is 565. The first-order valence-corrected chi connectivity index (χ1v) is 8.60. The molecule has 6 nitrogen and oxygen atoms in total. The Morgan fingerprint density at radius 2 is 2.00 bits per heavy atom. The van der Waals surface area contributed by atoms with Crippen molar-refractivity contribution in [3.63, 3.8) is 0 Å². The number of rotatable bonds is 3. The number of nitrogens with zero attached hydrogens (tertiary/aromatic N) is 4. The SMILES string of the molecule is Cc1cc(C)n([C@H](C)C(=O)N2C[C@H](C)[C@@H](N3CCOCC3)C2)n1. The van der Waals surface area contributed by atoms with Crippen molar-refractivity contribution < 1.29 is 9.53 Å². The van der Waals surface area contributed by atoms with E-state index in [-0.39, 0.29) is 11.9 Å². The average molecular weight is 320 g/mol. The summed E-state index contributed by atoms with van der Waals surface area (Å²) in [5.41, 5.74) is 2.00. The van der Waals surface area contributed by atoms with Gasteiger partial charge in [0.2, 0.25) is 5.91 Å². The monoisotopic (exact) mass is 320 g/mol. The van der Waals surface area contributed by atoms with Crippen LogP contribution in [0.1, 0.15) is 31.3 Å². The van der Waals surface area contributed by atoms with Crippen LogP contribution in [0.25, 0.3) is 0 Å². The highest BCUT2D eigenvalue weighted by Crippen LogP contribution is 2.25. The first-order chi connectivity index (χ1) is 11.0. The Morgan fingerprint density at radius 1 is 1.30 bits per heavy atom. The van der Waals surface area contributed by atoms with Gasteiger partial charge >= 0.3 is 0 Å². The summed E-state index contributed by atoms with van der Waals surface area (Å²) < 4.78 is 7.30. The van der Waals surface area contributed by atoms with Crippen molar-refractivity contribution in [2.75, 3.05) is 39.4 Å². The summed E-state index contributed by atoms with van der Waals surface area (Å²) in [6.07, 6.45) is 0. The number of morpholine rings is 1. The minimum atomic E-state index is -0.237. The van der Waals surface area contributed by atoms with Gasteiger partial charge in [-0.05, 0) is 32.8 Å². The van der Waals surface area contributed by atoms with Crippen molar-refractivity contribution in [2.24, 2.45) is 5.92 Å². The standard InChI is InChI=1S/C17H28N4O2/c1-12-10-20(11-16(12)19-5-7-23-8-6-19)17(22)15(4)21-14(3)9-13(2)18-21/h9,12,15-16H,5-8,10-11H2,1-4H3/t12-,15+,16-/m0/s1. The van der Waals surface area contributed by atoms with Gasteiger partial charge in [-0.1, -0.05) is 6.92 Å². The van der Waals surface area contributed by atoms with Crippen LogP contribution in [0.15, 0.2) is 6.07 Å². The molecule has 2 fully saturated rings. The van der Waals surface area contributed by atoms with Crippen LogP contribution in [-0.2, 0) is 9.53 Å². The van der Waals surface area contributed by atoms with Gasteiger partial charge in [-0.25, -0.2) is 0 Å². The molecular formula is C17H28N4O2. The highest BCUT2D eigenvalue weighted by atomic mass is 16.5. The molecule has 0 aromatic carbocycles. The predicted octanol–water partition coefficient (Wildman–Crippen LogP) is 1.24. The Morgan fingerprint density at radius 3 is 2.61 bits per heavy atom. The predicted molar refractivity (Wildman–Crippen MR) is 88.3 cm³/mol. The molecule has 2 saturated heterocycles. The maximum Gasteiger partial charge on any atom is 0.247 e. The Kier molecular flexibility index (Phi) is 4.73. The minimum absolute atomic E-state index is 0.179. The van der Waals surface area contributed by atoms with E-state index in [1.165, 1.54) is 0 Å². The maximum atomic E-state index is 12.9. The molecule has 0 bridgehead atoms. The molecule has 0 unspecified atom stereocenters. The number of amides is 1. The Hall–Kier alpha value is -1.40. The molecule has 1 aromatic rings. The lowest BCUT2D eigenvalue weighted by molar-refractivity contribution is -0.133. The smallest absolute Gasteiger partial charge is 0.247 e. The molecule has 1 amide bonds. The van der Waals surface area contributed by atoms with Gasteiger partial charge in [-0.15, -0.1) is 0 Å². The minimum Gasteiger partial charge on any atom is -0.379 e. The number of ether oxygens (including phenoxy) is 1. The third kappa shape index (κ3) is 3.28. The van der Waals surface area contributed by atoms with Gasteiger partial charge in [0.25, 0.3) is 0 Å². The number of carbonyl (C=O) groups excluding carboxylic acids is 1. The number of hydrogen-bond donors (Lipinski definition) is 0. The number of aryl methyl sites for hydroxylation is 2. The fourth-order valence-electron chi connectivity index (χ4n) is 3.92. The van der Waals surface area contributed by atoms with Crippen LogP contribution < -0.4 is 0 Å². The fraction of sp³-hybridized carbons (Fsp3) is 0.765. The maximum absolute atomic E-state index is 12.9. The van der Waals surface area contributed by atoms with Crippen LogP contribution >= 0.6 is 0 Å². The Balaban J connectivity index is 1.67. The first kappa shape index (κ1) is 16.5. The van der Waals surface area contributed by atoms with Crippen LogP contribution in [0.5, 0.6) is 0 Å². The zero-order chi connectivity index (χ0) is 16.6. The summed E-state index contributed by atoms with van der Waals surface area (Å²) in [7, 11) is 0. The highest BCUT2D eigenvalue weighted by molar-refractivity contribution is 5.80. The number of carbonyl (C=O) groups is 1. The van der Waals surface area contributed by atoms with Gasteiger partial charge in [-0.2, -0.15) is 5.10 Å². The largest absolute Gasteiger partial charge is 0.379 e. The van der Waals surface area contributed by atoms with Gasteiger partial charge < -0.3 is 9.64 Å². The normalized spacial score (nSPS) is 27.4. The lowest BCUT2D eigenvalue weighted by Crippen LogP contribution is -2.47. The van der Waals surface area contributed by atoms with E-state index in [4.69, 9.17) is 4.74 Å². The molecule has 0 N–H and O–H groups in total. The summed E-state index contributed by atoms with van der Waals surface area (Å²) in [4.78, 5) is 17.4. The second kappa shape index (κ2) is 6.61. The van der Waals surface area contributed by atoms with Crippen LogP contribution in [0, 0.1) is 19.8 Å². The van der Waals surface area contributed by atoms with Gasteiger partial charge in [0.05, 0.1) is 18.9 Å². The van der Waals surface area contributed by atoms with Crippen molar-refractivity contribution in [3.8, 4) is 0 Å². The molecule has 0 spiro atoms. The van der Waals surface area contributed by atoms with Crippen molar-refractivity contribution >= 4 is 5.91 Å². The van der Waals surface area contributed by atoms with Crippen molar-refractivity contribution in [1.29, 1.82) is 0 Å². The van der Waals surface area contributed by atoms with E-state index in [9.17, 15) is 4.79 Å². The van der Waals surface area contributed by atoms with Gasteiger partial charge in [0.1, 0.15) is 6.04 Å².